The molecule has 1 aromatic carbocycles. The molecule has 2 rings (SSSR count). The number of hydrogen-bond donors (Lipinski definition) is 1. The minimum absolute atomic E-state index is 0.725. The Kier molecular flexibility index (Phi) is 6.15. The summed E-state index contributed by atoms with van der Waals surface area (Å²) >= 11 is 1.68. The molecule has 0 bridgehead atoms. The predicted molar refractivity (Wildman–Crippen MR) is 93.9 cm³/mol. The van der Waals surface area contributed by atoms with Crippen LogP contribution in [0.1, 0.15) is 6.92 Å². The molecule has 120 valence electrons. The molecule has 6 heteroatoms. The highest BCUT2D eigenvalue weighted by atomic mass is 32.2. The van der Waals surface area contributed by atoms with Crippen molar-refractivity contribution >= 4 is 29.9 Å². The zero-order valence-electron chi connectivity index (χ0n) is 13.2. The summed E-state index contributed by atoms with van der Waals surface area (Å²) in [5.41, 5.74) is 2.89. The molecule has 0 saturated carbocycles. The van der Waals surface area contributed by atoms with Gasteiger partial charge in [0.15, 0.2) is 0 Å². The first-order valence-electron chi connectivity index (χ1n) is 7.20. The lowest BCUT2D eigenvalue weighted by molar-refractivity contribution is 0.122. The van der Waals surface area contributed by atoms with Crippen LogP contribution < -0.4 is 15.0 Å². The van der Waals surface area contributed by atoms with E-state index >= 15 is 0 Å². The molecule has 1 saturated heterocycles. The van der Waals surface area contributed by atoms with E-state index in [1.807, 2.05) is 13.0 Å². The van der Waals surface area contributed by atoms with Gasteiger partial charge in [-0.25, -0.2) is 0 Å². The van der Waals surface area contributed by atoms with Crippen molar-refractivity contribution in [2.45, 2.75) is 11.8 Å². The van der Waals surface area contributed by atoms with E-state index in [4.69, 9.17) is 9.47 Å². The molecule has 1 N–H and O–H groups in total. The van der Waals surface area contributed by atoms with E-state index in [9.17, 15) is 0 Å². The zero-order valence-corrected chi connectivity index (χ0v) is 14.0. The number of hydrogen-bond acceptors (Lipinski definition) is 6. The maximum Gasteiger partial charge on any atom is 0.145 e. The quantitative estimate of drug-likeness (QED) is 0.475. The van der Waals surface area contributed by atoms with Crippen molar-refractivity contribution < 1.29 is 9.47 Å². The zero-order chi connectivity index (χ0) is 15.9. The van der Waals surface area contributed by atoms with Crippen LogP contribution in [0.3, 0.4) is 0 Å². The van der Waals surface area contributed by atoms with Gasteiger partial charge in [-0.2, -0.15) is 0 Å². The fourth-order valence-corrected chi connectivity index (χ4v) is 3.39. The predicted octanol–water partition coefficient (Wildman–Crippen LogP) is 3.04. The molecule has 0 aromatic heterocycles. The van der Waals surface area contributed by atoms with Gasteiger partial charge in [-0.05, 0) is 25.8 Å². The normalized spacial score (nSPS) is 14.5. The van der Waals surface area contributed by atoms with Crippen LogP contribution >= 0.6 is 11.8 Å². The number of benzene rings is 1. The molecule has 0 amide bonds. The Morgan fingerprint density at radius 2 is 2.18 bits per heavy atom. The molecule has 0 atom stereocenters. The number of anilines is 1. The highest BCUT2D eigenvalue weighted by molar-refractivity contribution is 7.99. The number of allylic oxidation sites excluding steroid dienone is 1. The smallest absolute Gasteiger partial charge is 0.145 e. The Balaban J connectivity index is 2.33. The lowest BCUT2D eigenvalue weighted by Gasteiger charge is -2.31. The maximum absolute atomic E-state index is 5.44. The van der Waals surface area contributed by atoms with Crippen LogP contribution in [-0.2, 0) is 4.74 Å². The Morgan fingerprint density at radius 1 is 1.45 bits per heavy atom. The Bertz CT molecular complexity index is 542. The van der Waals surface area contributed by atoms with Gasteiger partial charge >= 0.3 is 0 Å². The summed E-state index contributed by atoms with van der Waals surface area (Å²) < 4.78 is 10.9. The number of ether oxygens (including phenoxy) is 2. The van der Waals surface area contributed by atoms with Crippen molar-refractivity contribution in [3.05, 3.63) is 24.4 Å². The summed E-state index contributed by atoms with van der Waals surface area (Å²) in [5, 5.41) is 3.24. The molecule has 5 nitrogen and oxygen atoms in total. The van der Waals surface area contributed by atoms with Crippen LogP contribution in [0.25, 0.3) is 0 Å². The van der Waals surface area contributed by atoms with Gasteiger partial charge in [0, 0.05) is 18.8 Å². The number of rotatable bonds is 7. The molecule has 1 fully saturated rings. The van der Waals surface area contributed by atoms with E-state index in [2.05, 4.69) is 34.6 Å². The number of nitrogens with zero attached hydrogens (tertiary/aromatic N) is 2. The molecule has 0 spiro atoms. The largest absolute Gasteiger partial charge is 0.494 e. The fraction of sp³-hybridized carbons (Fsp3) is 0.438. The first-order valence-corrected chi connectivity index (χ1v) is 8.18. The minimum Gasteiger partial charge on any atom is -0.494 e. The molecule has 0 aliphatic carbocycles. The summed E-state index contributed by atoms with van der Waals surface area (Å²) in [5.74, 6) is 1.47. The summed E-state index contributed by atoms with van der Waals surface area (Å²) in [6, 6.07) is 4.03. The minimum atomic E-state index is 0.725. The SMILES string of the molecule is C=Nc1c(OC)ccc(N2CCOCC2)c1SCNC(=C)C. The molecule has 0 radical (unpaired) electrons. The summed E-state index contributed by atoms with van der Waals surface area (Å²) in [7, 11) is 1.65. The van der Waals surface area contributed by atoms with E-state index in [1.54, 1.807) is 18.9 Å². The van der Waals surface area contributed by atoms with Gasteiger partial charge in [0.2, 0.25) is 0 Å². The third-order valence-electron chi connectivity index (χ3n) is 3.39. The Hall–Kier alpha value is -1.66. The van der Waals surface area contributed by atoms with Crippen LogP contribution in [0.5, 0.6) is 5.75 Å². The van der Waals surface area contributed by atoms with Gasteiger partial charge in [-0.1, -0.05) is 6.58 Å². The third kappa shape index (κ3) is 3.96. The van der Waals surface area contributed by atoms with Crippen LogP contribution in [0, 0.1) is 0 Å². The second kappa shape index (κ2) is 8.10. The first-order chi connectivity index (χ1) is 10.7. The van der Waals surface area contributed by atoms with Crippen LogP contribution in [-0.4, -0.2) is 46.0 Å². The van der Waals surface area contributed by atoms with E-state index in [1.165, 1.54) is 0 Å². The van der Waals surface area contributed by atoms with E-state index in [0.717, 1.165) is 59.9 Å². The second-order valence-corrected chi connectivity index (χ2v) is 5.95. The second-order valence-electron chi connectivity index (χ2n) is 4.97. The average molecular weight is 321 g/mol. The highest BCUT2D eigenvalue weighted by Crippen LogP contribution is 2.44. The molecular formula is C16H23N3O2S. The van der Waals surface area contributed by atoms with Crippen molar-refractivity contribution in [2.24, 2.45) is 4.99 Å². The number of methoxy groups -OCH3 is 1. The molecule has 1 heterocycles. The van der Waals surface area contributed by atoms with Crippen molar-refractivity contribution in [3.63, 3.8) is 0 Å². The summed E-state index contributed by atoms with van der Waals surface area (Å²) in [4.78, 5) is 7.58. The van der Waals surface area contributed by atoms with Crippen LogP contribution in [0.4, 0.5) is 11.4 Å². The molecule has 22 heavy (non-hydrogen) atoms. The molecular weight excluding hydrogens is 298 g/mol. The van der Waals surface area contributed by atoms with Crippen LogP contribution in [0.15, 0.2) is 34.3 Å². The Labute approximate surface area is 136 Å². The third-order valence-corrected chi connectivity index (χ3v) is 4.37. The molecule has 0 unspecified atom stereocenters. The lowest BCUT2D eigenvalue weighted by atomic mass is 10.2. The standard InChI is InChI=1S/C16H23N3O2S/c1-12(2)18-11-22-16-13(19-7-9-21-10-8-19)5-6-14(20-4)15(16)17-3/h5-6,18H,1,3,7-11H2,2,4H3. The fourth-order valence-electron chi connectivity index (χ4n) is 2.28. The number of morpholine rings is 1. The topological polar surface area (TPSA) is 46.1 Å². The van der Waals surface area contributed by atoms with Crippen molar-refractivity contribution in [3.8, 4) is 5.75 Å². The molecule has 1 aromatic rings. The van der Waals surface area contributed by atoms with Crippen LogP contribution in [0.2, 0.25) is 0 Å². The van der Waals surface area contributed by atoms with Gasteiger partial charge in [0.1, 0.15) is 11.4 Å². The number of thioether (sulfide) groups is 1. The molecule has 1 aliphatic heterocycles. The average Bonchev–Trinajstić information content (AvgIpc) is 2.54. The first kappa shape index (κ1) is 16.7. The maximum atomic E-state index is 5.44. The van der Waals surface area contributed by atoms with Gasteiger partial charge in [0.25, 0.3) is 0 Å². The van der Waals surface area contributed by atoms with Crippen molar-refractivity contribution in [1.82, 2.24) is 5.32 Å². The Morgan fingerprint density at radius 3 is 2.77 bits per heavy atom. The van der Waals surface area contributed by atoms with E-state index in [-0.39, 0.29) is 0 Å². The number of aliphatic imine (C=N–C) groups is 1. The summed E-state index contributed by atoms with van der Waals surface area (Å²) in [6.07, 6.45) is 0. The van der Waals surface area contributed by atoms with Crippen molar-refractivity contribution in [2.75, 3.05) is 44.2 Å². The summed E-state index contributed by atoms with van der Waals surface area (Å²) in [6.45, 7) is 12.8. The highest BCUT2D eigenvalue weighted by Gasteiger charge is 2.20. The number of nitrogens with one attached hydrogen (secondary N) is 1. The van der Waals surface area contributed by atoms with E-state index in [0.29, 0.717) is 0 Å². The monoisotopic (exact) mass is 321 g/mol. The van der Waals surface area contributed by atoms with Gasteiger partial charge in [-0.3, -0.25) is 4.99 Å². The van der Waals surface area contributed by atoms with Gasteiger partial charge in [-0.15, -0.1) is 11.8 Å². The van der Waals surface area contributed by atoms with Gasteiger partial charge < -0.3 is 19.7 Å². The van der Waals surface area contributed by atoms with Gasteiger partial charge in [0.05, 0.1) is 36.8 Å². The molecule has 1 aliphatic rings. The van der Waals surface area contributed by atoms with E-state index < -0.39 is 0 Å². The van der Waals surface area contributed by atoms with Crippen molar-refractivity contribution in [1.29, 1.82) is 0 Å². The lowest BCUT2D eigenvalue weighted by Crippen LogP contribution is -2.36.